The lowest BCUT2D eigenvalue weighted by atomic mass is 9.66. The van der Waals surface area contributed by atoms with Crippen molar-refractivity contribution in [3.8, 4) is 73.2 Å². The van der Waals surface area contributed by atoms with Crippen molar-refractivity contribution in [1.82, 2.24) is 19.5 Å². The van der Waals surface area contributed by atoms with Crippen LogP contribution in [0.1, 0.15) is 22.3 Å². The van der Waals surface area contributed by atoms with Crippen LogP contribution in [0.25, 0.3) is 95.0 Å². The molecule has 2 heterocycles. The van der Waals surface area contributed by atoms with E-state index < -0.39 is 5.41 Å². The molecule has 0 unspecified atom stereocenters. The average molecular weight is 867 g/mol. The predicted molar refractivity (Wildman–Crippen MR) is 279 cm³/mol. The molecule has 2 aromatic heterocycles. The van der Waals surface area contributed by atoms with Crippen molar-refractivity contribution in [2.75, 3.05) is 0 Å². The molecule has 1 aliphatic carbocycles. The van der Waals surface area contributed by atoms with Crippen LogP contribution in [0.3, 0.4) is 0 Å². The average Bonchev–Trinajstić information content (AvgIpc) is 3.92. The van der Waals surface area contributed by atoms with Gasteiger partial charge in [-0.15, -0.1) is 0 Å². The van der Waals surface area contributed by atoms with Crippen LogP contribution in [0.5, 0.6) is 0 Å². The lowest BCUT2D eigenvalue weighted by Gasteiger charge is -2.35. The Labute approximate surface area is 395 Å². The summed E-state index contributed by atoms with van der Waals surface area (Å²) in [5, 5.41) is 2.26. The zero-order valence-corrected chi connectivity index (χ0v) is 37.0. The Bertz CT molecular complexity index is 3670. The van der Waals surface area contributed by atoms with Gasteiger partial charge in [0.1, 0.15) is 0 Å². The maximum Gasteiger partial charge on any atom is 0.164 e. The van der Waals surface area contributed by atoms with Crippen LogP contribution in [0.15, 0.2) is 255 Å². The molecule has 0 fully saturated rings. The summed E-state index contributed by atoms with van der Waals surface area (Å²) in [6.07, 6.45) is 0. The first-order chi connectivity index (χ1) is 33.7. The molecule has 0 N–H and O–H groups in total. The summed E-state index contributed by atoms with van der Waals surface area (Å²) in [4.78, 5) is 15.3. The van der Waals surface area contributed by atoms with Gasteiger partial charge in [-0.3, -0.25) is 0 Å². The number of hydrogen-bond acceptors (Lipinski definition) is 3. The number of aromatic nitrogens is 4. The second-order valence-corrected chi connectivity index (χ2v) is 17.5. The normalized spacial score (nSPS) is 12.5. The maximum absolute atomic E-state index is 5.17. The minimum Gasteiger partial charge on any atom is -0.309 e. The fourth-order valence-corrected chi connectivity index (χ4v) is 10.7. The zero-order valence-electron chi connectivity index (χ0n) is 37.0. The summed E-state index contributed by atoms with van der Waals surface area (Å²) in [5.41, 5.74) is 17.6. The number of benzene rings is 10. The Morgan fingerprint density at radius 1 is 0.279 bits per heavy atom. The highest BCUT2D eigenvalue weighted by Gasteiger charge is 2.46. The van der Waals surface area contributed by atoms with Crippen LogP contribution >= 0.6 is 0 Å². The number of hydrogen-bond donors (Lipinski definition) is 0. The van der Waals surface area contributed by atoms with E-state index in [0.717, 1.165) is 44.2 Å². The SMILES string of the molecule is c1ccc(-c2cc(-c3ccccc3)cc(C3(c4ccc5c(c4)c4cc(-c6nc(-c7ccccc7)nc(-c7ccccc7)n6)ccc4n5-c4ccccc4)c4ccccc4-c4ccccc43)c2)cc1. The second kappa shape index (κ2) is 16.2. The molecule has 10 aromatic carbocycles. The van der Waals surface area contributed by atoms with Crippen molar-refractivity contribution in [1.29, 1.82) is 0 Å². The van der Waals surface area contributed by atoms with Crippen LogP contribution in [-0.4, -0.2) is 19.5 Å². The van der Waals surface area contributed by atoms with Gasteiger partial charge in [0.15, 0.2) is 17.5 Å². The minimum absolute atomic E-state index is 0.623. The Hall–Kier alpha value is -8.99. The quantitative estimate of drug-likeness (QED) is 0.153. The number of nitrogens with zero attached hydrogens (tertiary/aromatic N) is 4. The molecule has 1 aliphatic rings. The van der Waals surface area contributed by atoms with Gasteiger partial charge >= 0.3 is 0 Å². The highest BCUT2D eigenvalue weighted by molar-refractivity contribution is 6.11. The number of para-hydroxylation sites is 1. The monoisotopic (exact) mass is 866 g/mol. The second-order valence-electron chi connectivity index (χ2n) is 17.5. The first kappa shape index (κ1) is 39.4. The van der Waals surface area contributed by atoms with Gasteiger partial charge in [-0.2, -0.15) is 0 Å². The van der Waals surface area contributed by atoms with E-state index in [4.69, 9.17) is 15.0 Å². The van der Waals surface area contributed by atoms with Gasteiger partial charge in [-0.1, -0.05) is 194 Å². The van der Waals surface area contributed by atoms with E-state index in [1.54, 1.807) is 0 Å². The van der Waals surface area contributed by atoms with Gasteiger partial charge in [-0.05, 0) is 116 Å². The van der Waals surface area contributed by atoms with Crippen molar-refractivity contribution >= 4 is 21.8 Å². The van der Waals surface area contributed by atoms with Crippen molar-refractivity contribution in [2.24, 2.45) is 0 Å². The Kier molecular flexibility index (Phi) is 9.36. The van der Waals surface area contributed by atoms with Crippen molar-refractivity contribution in [2.45, 2.75) is 5.41 Å². The molecule has 13 rings (SSSR count). The van der Waals surface area contributed by atoms with Gasteiger partial charge in [0, 0.05) is 33.2 Å². The molecule has 4 nitrogen and oxygen atoms in total. The van der Waals surface area contributed by atoms with Crippen LogP contribution in [0, 0.1) is 0 Å². The lowest BCUT2D eigenvalue weighted by Crippen LogP contribution is -2.28. The van der Waals surface area contributed by atoms with E-state index in [1.165, 1.54) is 55.6 Å². The third-order valence-electron chi connectivity index (χ3n) is 13.7. The fourth-order valence-electron chi connectivity index (χ4n) is 10.7. The molecule has 0 saturated heterocycles. The van der Waals surface area contributed by atoms with Gasteiger partial charge in [0.25, 0.3) is 0 Å². The number of fused-ring (bicyclic) bond motifs is 6. The molecule has 0 spiro atoms. The summed E-state index contributed by atoms with van der Waals surface area (Å²) in [5.74, 6) is 1.89. The molecule has 318 valence electrons. The highest BCUT2D eigenvalue weighted by atomic mass is 15.0. The fraction of sp³-hybridized carbons (Fsp3) is 0.0156. The summed E-state index contributed by atoms with van der Waals surface area (Å²) >= 11 is 0. The summed E-state index contributed by atoms with van der Waals surface area (Å²) in [6.45, 7) is 0. The molecule has 0 saturated carbocycles. The molecule has 0 bridgehead atoms. The van der Waals surface area contributed by atoms with E-state index in [1.807, 2.05) is 36.4 Å². The first-order valence-corrected chi connectivity index (χ1v) is 23.2. The minimum atomic E-state index is -0.669. The first-order valence-electron chi connectivity index (χ1n) is 23.2. The van der Waals surface area contributed by atoms with E-state index >= 15 is 0 Å². The van der Waals surface area contributed by atoms with E-state index in [0.29, 0.717) is 17.5 Å². The largest absolute Gasteiger partial charge is 0.309 e. The van der Waals surface area contributed by atoms with Crippen LogP contribution in [0.2, 0.25) is 0 Å². The lowest BCUT2D eigenvalue weighted by molar-refractivity contribution is 0.770. The molecule has 4 heteroatoms. The summed E-state index contributed by atoms with van der Waals surface area (Å²) < 4.78 is 2.39. The third-order valence-corrected chi connectivity index (χ3v) is 13.7. The topological polar surface area (TPSA) is 43.6 Å². The third kappa shape index (κ3) is 6.41. The smallest absolute Gasteiger partial charge is 0.164 e. The maximum atomic E-state index is 5.17. The molecule has 0 atom stereocenters. The van der Waals surface area contributed by atoms with E-state index in [2.05, 4.69) is 223 Å². The Morgan fingerprint density at radius 3 is 1.21 bits per heavy atom. The molecule has 0 amide bonds. The summed E-state index contributed by atoms with van der Waals surface area (Å²) in [6, 6.07) is 91.7. The van der Waals surface area contributed by atoms with Gasteiger partial charge in [-0.25, -0.2) is 15.0 Å². The summed E-state index contributed by atoms with van der Waals surface area (Å²) in [7, 11) is 0. The number of rotatable bonds is 8. The zero-order chi connectivity index (χ0) is 45.0. The standard InChI is InChI=1S/C64H42N4/c1-6-20-43(21-7-1)48-38-49(44-22-8-2-9-23-44)40-51(39-48)64(57-32-18-16-30-53(57)54-31-17-19-33-58(54)64)50-35-37-60-56(42-50)55-41-47(34-36-59(55)68(60)52-28-14-5-15-29-52)63-66-61(45-24-10-3-11-25-45)65-62(67-63)46-26-12-4-13-27-46/h1-42H. The molecule has 12 aromatic rings. The van der Waals surface area contributed by atoms with Crippen molar-refractivity contribution in [3.05, 3.63) is 277 Å². The molecular weight excluding hydrogens is 825 g/mol. The van der Waals surface area contributed by atoms with Gasteiger partial charge < -0.3 is 4.57 Å². The molecule has 0 radical (unpaired) electrons. The van der Waals surface area contributed by atoms with Crippen LogP contribution in [-0.2, 0) is 5.41 Å². The van der Waals surface area contributed by atoms with Crippen molar-refractivity contribution in [3.63, 3.8) is 0 Å². The Balaban J connectivity index is 1.11. The van der Waals surface area contributed by atoms with E-state index in [-0.39, 0.29) is 0 Å². The molecule has 68 heavy (non-hydrogen) atoms. The highest BCUT2D eigenvalue weighted by Crippen LogP contribution is 2.57. The van der Waals surface area contributed by atoms with Gasteiger partial charge in [0.05, 0.1) is 16.4 Å². The van der Waals surface area contributed by atoms with Gasteiger partial charge in [0.2, 0.25) is 0 Å². The Morgan fingerprint density at radius 2 is 0.691 bits per heavy atom. The van der Waals surface area contributed by atoms with Crippen molar-refractivity contribution < 1.29 is 0 Å². The molecule has 0 aliphatic heterocycles. The predicted octanol–water partition coefficient (Wildman–Crippen LogP) is 15.7. The van der Waals surface area contributed by atoms with Crippen LogP contribution in [0.4, 0.5) is 0 Å². The van der Waals surface area contributed by atoms with Crippen LogP contribution < -0.4 is 0 Å². The molecular formula is C64H42N4. The van der Waals surface area contributed by atoms with E-state index in [9.17, 15) is 0 Å².